The quantitative estimate of drug-likeness (QED) is 0.325. The highest BCUT2D eigenvalue weighted by atomic mass is 32.2. The van der Waals surface area contributed by atoms with E-state index in [4.69, 9.17) is 9.57 Å². The molecule has 6 rings (SSSR count). The molecule has 0 spiro atoms. The molecule has 2 aliphatic heterocycles. The Labute approximate surface area is 245 Å². The van der Waals surface area contributed by atoms with Crippen LogP contribution in [0.3, 0.4) is 0 Å². The van der Waals surface area contributed by atoms with Crippen molar-refractivity contribution in [3.63, 3.8) is 0 Å². The van der Waals surface area contributed by atoms with Gasteiger partial charge >= 0.3 is 0 Å². The van der Waals surface area contributed by atoms with E-state index in [1.807, 2.05) is 0 Å². The van der Waals surface area contributed by atoms with Gasteiger partial charge in [-0.15, -0.1) is 17.9 Å². The number of hydrogen-bond acceptors (Lipinski definition) is 9. The molecule has 222 valence electrons. The van der Waals surface area contributed by atoms with Crippen LogP contribution in [-0.4, -0.2) is 72.8 Å². The first kappa shape index (κ1) is 28.3. The average Bonchev–Trinajstić information content (AvgIpc) is 3.84. The Kier molecular flexibility index (Phi) is 7.29. The Morgan fingerprint density at radius 3 is 2.76 bits per heavy atom. The molecule has 2 N–H and O–H groups in total. The number of nitrogens with one attached hydrogen (secondary N) is 2. The van der Waals surface area contributed by atoms with Crippen LogP contribution in [0.1, 0.15) is 47.3 Å². The van der Waals surface area contributed by atoms with Crippen LogP contribution in [0.2, 0.25) is 0 Å². The molecule has 0 bridgehead atoms. The third-order valence-electron chi connectivity index (χ3n) is 7.97. The molecule has 1 saturated heterocycles. The Bertz CT molecular complexity index is 1570. The van der Waals surface area contributed by atoms with E-state index < -0.39 is 56.5 Å². The van der Waals surface area contributed by atoms with Crippen LogP contribution in [0.4, 0.5) is 4.39 Å². The fourth-order valence-corrected chi connectivity index (χ4v) is 7.43. The molecule has 3 amide bonds. The number of carbonyl (C=O) groups excluding carboxylic acids is 3. The highest BCUT2D eigenvalue weighted by Gasteiger charge is 2.62. The molecule has 1 aromatic heterocycles. The summed E-state index contributed by atoms with van der Waals surface area (Å²) in [4.78, 5) is 47.9. The summed E-state index contributed by atoms with van der Waals surface area (Å²) in [6.45, 7) is 4.10. The number of sulfonamides is 1. The van der Waals surface area contributed by atoms with E-state index in [0.29, 0.717) is 47.8 Å². The number of oxime groups is 1. The second-order valence-corrected chi connectivity index (χ2v) is 13.8. The van der Waals surface area contributed by atoms with Crippen LogP contribution in [0.25, 0.3) is 0 Å². The predicted octanol–water partition coefficient (Wildman–Crippen LogP) is 2.34. The Hall–Kier alpha value is -3.78. The Morgan fingerprint density at radius 2 is 2.07 bits per heavy atom. The number of likely N-dealkylation sites (tertiary alicyclic amines) is 1. The van der Waals surface area contributed by atoms with Crippen LogP contribution in [0.5, 0.6) is 5.75 Å². The molecule has 42 heavy (non-hydrogen) atoms. The second kappa shape index (κ2) is 10.8. The van der Waals surface area contributed by atoms with E-state index in [-0.39, 0.29) is 25.3 Å². The molecule has 4 aliphatic rings. The van der Waals surface area contributed by atoms with Gasteiger partial charge in [-0.25, -0.2) is 12.8 Å². The first-order valence-electron chi connectivity index (χ1n) is 13.6. The minimum atomic E-state index is -3.84. The summed E-state index contributed by atoms with van der Waals surface area (Å²) in [5.74, 6) is -2.24. The lowest BCUT2D eigenvalue weighted by Gasteiger charge is -2.26. The molecular weight excluding hydrogens is 587 g/mol. The highest BCUT2D eigenvalue weighted by molar-refractivity contribution is 7.91. The lowest BCUT2D eigenvalue weighted by molar-refractivity contribution is -0.131. The molecule has 4 atom stereocenters. The van der Waals surface area contributed by atoms with Crippen LogP contribution in [0, 0.1) is 11.7 Å². The molecule has 2 aliphatic carbocycles. The first-order chi connectivity index (χ1) is 20.1. The lowest BCUT2D eigenvalue weighted by Crippen LogP contribution is -2.56. The van der Waals surface area contributed by atoms with Gasteiger partial charge in [0.2, 0.25) is 15.9 Å². The Morgan fingerprint density at radius 1 is 1.26 bits per heavy atom. The van der Waals surface area contributed by atoms with E-state index in [1.54, 1.807) is 17.5 Å². The highest BCUT2D eigenvalue weighted by Crippen LogP contribution is 2.45. The molecule has 0 radical (unpaired) electrons. The van der Waals surface area contributed by atoms with Crippen molar-refractivity contribution < 1.29 is 36.8 Å². The molecule has 3 fully saturated rings. The van der Waals surface area contributed by atoms with Gasteiger partial charge in [0.05, 0.1) is 29.0 Å². The molecule has 2 aromatic rings. The fourth-order valence-electron chi connectivity index (χ4n) is 5.39. The van der Waals surface area contributed by atoms with Crippen LogP contribution in [-0.2, 0) is 24.4 Å². The molecule has 14 heteroatoms. The largest absolute Gasteiger partial charge is 0.492 e. The lowest BCUT2D eigenvalue weighted by atomic mass is 10.0. The zero-order chi connectivity index (χ0) is 29.6. The molecular formula is C28H29FN4O7S2. The zero-order valence-electron chi connectivity index (χ0n) is 22.5. The summed E-state index contributed by atoms with van der Waals surface area (Å²) in [5, 5.41) is 8.14. The van der Waals surface area contributed by atoms with E-state index in [1.165, 1.54) is 40.5 Å². The third kappa shape index (κ3) is 5.40. The summed E-state index contributed by atoms with van der Waals surface area (Å²) < 4.78 is 46.5. The molecule has 2 unspecified atom stereocenters. The van der Waals surface area contributed by atoms with Gasteiger partial charge in [-0.2, -0.15) is 0 Å². The molecule has 3 heterocycles. The van der Waals surface area contributed by atoms with Gasteiger partial charge in [0.1, 0.15) is 29.3 Å². The minimum absolute atomic E-state index is 0.0399. The van der Waals surface area contributed by atoms with Gasteiger partial charge in [-0.1, -0.05) is 17.3 Å². The van der Waals surface area contributed by atoms with Gasteiger partial charge in [-0.05, 0) is 48.9 Å². The van der Waals surface area contributed by atoms with Crippen molar-refractivity contribution in [3.8, 4) is 5.75 Å². The maximum absolute atomic E-state index is 13.9. The van der Waals surface area contributed by atoms with Gasteiger partial charge in [0, 0.05) is 24.3 Å². The summed E-state index contributed by atoms with van der Waals surface area (Å²) in [6.07, 6.45) is 2.43. The van der Waals surface area contributed by atoms with Crippen molar-refractivity contribution in [3.05, 3.63) is 64.6 Å². The third-order valence-corrected chi connectivity index (χ3v) is 10.6. The summed E-state index contributed by atoms with van der Waals surface area (Å²) in [5.41, 5.74) is -0.523. The number of fused-ring (bicyclic) bond motifs is 1. The maximum Gasteiger partial charge on any atom is 0.264 e. The SMILES string of the molecule is C=C[C@@H]1C[C@@]1(NC(=O)C1CC(O/N=C2\CCOc3ccc(F)cc32)CN1C(=O)c1cccs1)C(=O)NS(=O)(=O)C1CC1. The van der Waals surface area contributed by atoms with Crippen molar-refractivity contribution >= 4 is 44.8 Å². The normalized spacial score (nSPS) is 27.5. The number of rotatable bonds is 9. The van der Waals surface area contributed by atoms with E-state index in [9.17, 15) is 27.2 Å². The van der Waals surface area contributed by atoms with Crippen molar-refractivity contribution in [2.75, 3.05) is 13.2 Å². The monoisotopic (exact) mass is 616 g/mol. The second-order valence-electron chi connectivity index (χ2n) is 10.9. The molecule has 1 aromatic carbocycles. The van der Waals surface area contributed by atoms with Gasteiger partial charge in [0.15, 0.2) is 0 Å². The number of hydrogen-bond donors (Lipinski definition) is 2. The van der Waals surface area contributed by atoms with E-state index in [2.05, 4.69) is 21.8 Å². The summed E-state index contributed by atoms with van der Waals surface area (Å²) >= 11 is 1.23. The summed E-state index contributed by atoms with van der Waals surface area (Å²) in [6, 6.07) is 6.49. The number of halogens is 1. The average molecular weight is 617 g/mol. The standard InChI is InChI=1S/C28H29FN4O7S2/c1-2-16-14-28(16,27(36)32-42(37,38)19-6-7-19)30-25(34)22-13-18(15-33(22)26(35)24-4-3-11-41-24)40-31-21-9-10-39-23-8-5-17(29)12-20(21)23/h2-5,8,11-12,16,18-19,22H,1,6-7,9-10,13-15H2,(H,30,34)(H,32,36)/b31-21+/t16-,18?,22?,28+/m1/s1. The topological polar surface area (TPSA) is 143 Å². The predicted molar refractivity (Wildman–Crippen MR) is 151 cm³/mol. The summed E-state index contributed by atoms with van der Waals surface area (Å²) in [7, 11) is -3.84. The maximum atomic E-state index is 13.9. The minimum Gasteiger partial charge on any atom is -0.492 e. The van der Waals surface area contributed by atoms with Gasteiger partial charge in [0.25, 0.3) is 11.8 Å². The van der Waals surface area contributed by atoms with Crippen molar-refractivity contribution in [2.24, 2.45) is 11.1 Å². The number of carbonyl (C=O) groups is 3. The number of ether oxygens (including phenoxy) is 1. The zero-order valence-corrected chi connectivity index (χ0v) is 24.1. The Balaban J connectivity index is 1.21. The van der Waals surface area contributed by atoms with Gasteiger partial charge < -0.3 is 19.8 Å². The van der Waals surface area contributed by atoms with E-state index in [0.717, 1.165) is 0 Å². The first-order valence-corrected chi connectivity index (χ1v) is 16.0. The number of nitrogens with zero attached hydrogens (tertiary/aromatic N) is 2. The van der Waals surface area contributed by atoms with Crippen LogP contribution < -0.4 is 14.8 Å². The van der Waals surface area contributed by atoms with Crippen LogP contribution >= 0.6 is 11.3 Å². The van der Waals surface area contributed by atoms with Gasteiger partial charge in [-0.3, -0.25) is 19.1 Å². The molecule has 11 nitrogen and oxygen atoms in total. The smallest absolute Gasteiger partial charge is 0.264 e. The van der Waals surface area contributed by atoms with Crippen molar-refractivity contribution in [1.29, 1.82) is 0 Å². The molecule has 2 saturated carbocycles. The number of benzene rings is 1. The number of amides is 3. The van der Waals surface area contributed by atoms with Crippen molar-refractivity contribution in [2.45, 2.75) is 55.0 Å². The fraction of sp³-hybridized carbons (Fsp3) is 0.429. The van der Waals surface area contributed by atoms with Crippen molar-refractivity contribution in [1.82, 2.24) is 14.9 Å². The number of thiophene rings is 1. The van der Waals surface area contributed by atoms with E-state index >= 15 is 0 Å². The van der Waals surface area contributed by atoms with Crippen LogP contribution in [0.15, 0.2) is 53.5 Å².